The first kappa shape index (κ1) is 14.2. The molecule has 4 heteroatoms. The van der Waals surface area contributed by atoms with Crippen LogP contribution in [0.5, 0.6) is 11.5 Å². The molecule has 0 unspecified atom stereocenters. The lowest BCUT2D eigenvalue weighted by Gasteiger charge is -2.40. The lowest BCUT2D eigenvalue weighted by Crippen LogP contribution is -2.47. The summed E-state index contributed by atoms with van der Waals surface area (Å²) in [6.45, 7) is 3.90. The van der Waals surface area contributed by atoms with Crippen LogP contribution in [-0.4, -0.2) is 31.0 Å². The van der Waals surface area contributed by atoms with Gasteiger partial charge in [-0.2, -0.15) is 0 Å². The van der Waals surface area contributed by atoms with Crippen molar-refractivity contribution in [3.8, 4) is 11.5 Å². The number of rotatable bonds is 7. The highest BCUT2D eigenvalue weighted by atomic mass is 16.5. The van der Waals surface area contributed by atoms with Crippen molar-refractivity contribution < 1.29 is 14.6 Å². The molecule has 106 valence electrons. The minimum absolute atomic E-state index is 0.00709. The third-order valence-corrected chi connectivity index (χ3v) is 3.84. The SMILES string of the molecule is CCOc1cccc(CNCC2(OC)CCC2)c1O. The topological polar surface area (TPSA) is 50.7 Å². The molecule has 0 spiro atoms. The van der Waals surface area contributed by atoms with Crippen molar-refractivity contribution in [2.24, 2.45) is 0 Å². The number of ether oxygens (including phenoxy) is 2. The zero-order valence-electron chi connectivity index (χ0n) is 11.7. The smallest absolute Gasteiger partial charge is 0.162 e. The zero-order chi connectivity index (χ0) is 13.7. The van der Waals surface area contributed by atoms with Gasteiger partial charge < -0.3 is 19.9 Å². The van der Waals surface area contributed by atoms with Crippen molar-refractivity contribution >= 4 is 0 Å². The van der Waals surface area contributed by atoms with Crippen LogP contribution in [0.15, 0.2) is 18.2 Å². The molecule has 0 bridgehead atoms. The van der Waals surface area contributed by atoms with Crippen molar-refractivity contribution in [2.75, 3.05) is 20.3 Å². The number of hydrogen-bond acceptors (Lipinski definition) is 4. The Kier molecular flexibility index (Phi) is 4.66. The number of benzene rings is 1. The third kappa shape index (κ3) is 3.19. The molecule has 0 aromatic heterocycles. The average Bonchev–Trinajstić information content (AvgIpc) is 2.37. The normalized spacial score (nSPS) is 16.9. The Balaban J connectivity index is 1.90. The molecule has 0 saturated heterocycles. The Hall–Kier alpha value is -1.26. The first-order chi connectivity index (χ1) is 9.21. The largest absolute Gasteiger partial charge is 0.504 e. The van der Waals surface area contributed by atoms with Crippen molar-refractivity contribution in [3.63, 3.8) is 0 Å². The van der Waals surface area contributed by atoms with Gasteiger partial charge in [0.1, 0.15) is 0 Å². The van der Waals surface area contributed by atoms with E-state index >= 15 is 0 Å². The summed E-state index contributed by atoms with van der Waals surface area (Å²) < 4.78 is 10.9. The molecule has 0 radical (unpaired) electrons. The van der Waals surface area contributed by atoms with Crippen LogP contribution < -0.4 is 10.1 Å². The number of methoxy groups -OCH3 is 1. The van der Waals surface area contributed by atoms with Gasteiger partial charge in [0.2, 0.25) is 0 Å². The molecule has 0 heterocycles. The summed E-state index contributed by atoms with van der Waals surface area (Å²) >= 11 is 0. The van der Waals surface area contributed by atoms with Gasteiger partial charge in [0.05, 0.1) is 12.2 Å². The van der Waals surface area contributed by atoms with E-state index in [4.69, 9.17) is 9.47 Å². The number of phenols is 1. The molecule has 0 atom stereocenters. The Morgan fingerprint density at radius 1 is 1.37 bits per heavy atom. The van der Waals surface area contributed by atoms with Crippen molar-refractivity contribution in [2.45, 2.75) is 38.3 Å². The highest BCUT2D eigenvalue weighted by Gasteiger charge is 2.36. The molecule has 0 amide bonds. The zero-order valence-corrected chi connectivity index (χ0v) is 11.7. The van der Waals surface area contributed by atoms with Gasteiger partial charge in [-0.25, -0.2) is 0 Å². The maximum absolute atomic E-state index is 10.1. The van der Waals surface area contributed by atoms with Crippen LogP contribution in [0.3, 0.4) is 0 Å². The number of nitrogens with one attached hydrogen (secondary N) is 1. The Morgan fingerprint density at radius 2 is 2.16 bits per heavy atom. The molecule has 1 aliphatic rings. The highest BCUT2D eigenvalue weighted by molar-refractivity contribution is 5.45. The van der Waals surface area contributed by atoms with E-state index in [1.807, 2.05) is 19.1 Å². The fourth-order valence-corrected chi connectivity index (χ4v) is 2.43. The van der Waals surface area contributed by atoms with Crippen LogP contribution in [0, 0.1) is 0 Å². The summed E-state index contributed by atoms with van der Waals surface area (Å²) in [5, 5.41) is 13.4. The predicted molar refractivity (Wildman–Crippen MR) is 74.6 cm³/mol. The number of phenolic OH excluding ortho intramolecular Hbond substituents is 1. The third-order valence-electron chi connectivity index (χ3n) is 3.84. The van der Waals surface area contributed by atoms with E-state index < -0.39 is 0 Å². The van der Waals surface area contributed by atoms with Gasteiger partial charge in [0.25, 0.3) is 0 Å². The molecule has 2 rings (SSSR count). The summed E-state index contributed by atoms with van der Waals surface area (Å²) in [5.74, 6) is 0.781. The van der Waals surface area contributed by atoms with Crippen LogP contribution in [0.2, 0.25) is 0 Å². The molecule has 4 nitrogen and oxygen atoms in total. The molecule has 1 aromatic rings. The van der Waals surface area contributed by atoms with Crippen LogP contribution in [0.25, 0.3) is 0 Å². The van der Waals surface area contributed by atoms with Gasteiger partial charge in [0.15, 0.2) is 11.5 Å². The van der Waals surface area contributed by atoms with Gasteiger partial charge in [-0.05, 0) is 32.3 Å². The van der Waals surface area contributed by atoms with Gasteiger partial charge in [0, 0.05) is 25.8 Å². The number of aromatic hydroxyl groups is 1. The van der Waals surface area contributed by atoms with Crippen molar-refractivity contribution in [3.05, 3.63) is 23.8 Å². The van der Waals surface area contributed by atoms with Gasteiger partial charge >= 0.3 is 0 Å². The minimum atomic E-state index is 0.00709. The first-order valence-corrected chi connectivity index (χ1v) is 6.90. The summed E-state index contributed by atoms with van der Waals surface area (Å²) in [6.07, 6.45) is 3.46. The second kappa shape index (κ2) is 6.26. The van der Waals surface area contributed by atoms with E-state index in [2.05, 4.69) is 5.32 Å². The Morgan fingerprint density at radius 3 is 2.74 bits per heavy atom. The first-order valence-electron chi connectivity index (χ1n) is 6.90. The van der Waals surface area contributed by atoms with E-state index in [1.165, 1.54) is 6.42 Å². The Bertz CT molecular complexity index is 410. The second-order valence-corrected chi connectivity index (χ2v) is 5.04. The second-order valence-electron chi connectivity index (χ2n) is 5.04. The van der Waals surface area contributed by atoms with Crippen LogP contribution >= 0.6 is 0 Å². The standard InChI is InChI=1S/C15H23NO3/c1-3-19-13-7-4-6-12(14(13)17)10-16-11-15(18-2)8-5-9-15/h4,6-7,16-17H,3,5,8-11H2,1-2H3. The van der Waals surface area contributed by atoms with Crippen molar-refractivity contribution in [1.82, 2.24) is 5.32 Å². The highest BCUT2D eigenvalue weighted by Crippen LogP contribution is 2.34. The maximum Gasteiger partial charge on any atom is 0.162 e. The molecule has 0 aliphatic heterocycles. The Labute approximate surface area is 114 Å². The fraction of sp³-hybridized carbons (Fsp3) is 0.600. The number of para-hydroxylation sites is 1. The molecule has 1 aromatic carbocycles. The van der Waals surface area contributed by atoms with E-state index in [0.717, 1.165) is 24.9 Å². The van der Waals surface area contributed by atoms with E-state index in [9.17, 15) is 5.11 Å². The molecular formula is C15H23NO3. The van der Waals surface area contributed by atoms with Gasteiger partial charge in [-0.3, -0.25) is 0 Å². The average molecular weight is 265 g/mol. The van der Waals surface area contributed by atoms with Crippen LogP contribution in [-0.2, 0) is 11.3 Å². The van der Waals surface area contributed by atoms with Crippen LogP contribution in [0.1, 0.15) is 31.7 Å². The summed E-state index contributed by atoms with van der Waals surface area (Å²) in [7, 11) is 1.77. The summed E-state index contributed by atoms with van der Waals surface area (Å²) in [5.41, 5.74) is 0.865. The lowest BCUT2D eigenvalue weighted by molar-refractivity contribution is -0.0695. The molecule has 1 fully saturated rings. The van der Waals surface area contributed by atoms with Gasteiger partial charge in [-0.15, -0.1) is 0 Å². The molecular weight excluding hydrogens is 242 g/mol. The number of hydrogen-bond donors (Lipinski definition) is 2. The molecule has 19 heavy (non-hydrogen) atoms. The minimum Gasteiger partial charge on any atom is -0.504 e. The lowest BCUT2D eigenvalue weighted by atomic mass is 9.80. The molecule has 1 saturated carbocycles. The summed E-state index contributed by atoms with van der Waals surface area (Å²) in [6, 6.07) is 5.59. The summed E-state index contributed by atoms with van der Waals surface area (Å²) in [4.78, 5) is 0. The molecule has 2 N–H and O–H groups in total. The van der Waals surface area contributed by atoms with E-state index in [-0.39, 0.29) is 11.4 Å². The fourth-order valence-electron chi connectivity index (χ4n) is 2.43. The van der Waals surface area contributed by atoms with Crippen molar-refractivity contribution in [1.29, 1.82) is 0 Å². The maximum atomic E-state index is 10.1. The monoisotopic (exact) mass is 265 g/mol. The van der Waals surface area contributed by atoms with E-state index in [1.54, 1.807) is 13.2 Å². The molecule has 1 aliphatic carbocycles. The van der Waals surface area contributed by atoms with Gasteiger partial charge in [-0.1, -0.05) is 12.1 Å². The predicted octanol–water partition coefficient (Wildman–Crippen LogP) is 2.45. The van der Waals surface area contributed by atoms with E-state index in [0.29, 0.717) is 18.9 Å². The van der Waals surface area contributed by atoms with Crippen LogP contribution in [0.4, 0.5) is 0 Å². The quantitative estimate of drug-likeness (QED) is 0.795.